The molecule has 1 amide bonds. The van der Waals surface area contributed by atoms with Crippen molar-refractivity contribution >= 4 is 11.6 Å². The molecule has 1 aliphatic heterocycles. The van der Waals surface area contributed by atoms with Crippen molar-refractivity contribution in [2.45, 2.75) is 65.3 Å². The molecule has 5 heteroatoms. The lowest BCUT2D eigenvalue weighted by molar-refractivity contribution is -0.117. The molecule has 5 nitrogen and oxygen atoms in total. The Labute approximate surface area is 241 Å². The molecule has 0 bridgehead atoms. The number of nitriles is 1. The highest BCUT2D eigenvalue weighted by Crippen LogP contribution is 2.30. The molecule has 2 atom stereocenters. The maximum Gasteiger partial charge on any atom is 0.241 e. The Balaban J connectivity index is 0.000000336. The zero-order valence-electron chi connectivity index (χ0n) is 24.5. The largest absolute Gasteiger partial charge is 0.385 e. The van der Waals surface area contributed by atoms with Gasteiger partial charge in [-0.3, -0.25) is 4.79 Å². The molecule has 0 spiro atoms. The Bertz CT molecular complexity index is 1190. The summed E-state index contributed by atoms with van der Waals surface area (Å²) < 4.78 is 0. The van der Waals surface area contributed by atoms with E-state index in [0.717, 1.165) is 43.9 Å². The maximum absolute atomic E-state index is 12.0. The van der Waals surface area contributed by atoms with Crippen LogP contribution in [0.25, 0.3) is 0 Å². The Hall–Kier alpha value is -3.62. The first-order valence-electron chi connectivity index (χ1n) is 14.7. The lowest BCUT2D eigenvalue weighted by Crippen LogP contribution is -2.34. The Kier molecular flexibility index (Phi) is 12.7. The molecule has 2 aromatic carbocycles. The second kappa shape index (κ2) is 16.5. The second-order valence-corrected chi connectivity index (χ2v) is 11.1. The van der Waals surface area contributed by atoms with Crippen LogP contribution < -0.4 is 10.6 Å². The molecule has 4 rings (SSSR count). The van der Waals surface area contributed by atoms with Crippen molar-refractivity contribution in [3.8, 4) is 6.07 Å². The van der Waals surface area contributed by atoms with Crippen molar-refractivity contribution in [2.75, 3.05) is 25.0 Å². The molecular formula is C35H46N4O. The molecule has 1 fully saturated rings. The van der Waals surface area contributed by atoms with Crippen LogP contribution in [-0.2, 0) is 11.3 Å². The predicted octanol–water partition coefficient (Wildman–Crippen LogP) is 7.58. The number of nitrogens with zero attached hydrogens (tertiary/aromatic N) is 2. The van der Waals surface area contributed by atoms with Gasteiger partial charge in [0.1, 0.15) is 5.92 Å². The Morgan fingerprint density at radius 3 is 2.50 bits per heavy atom. The first-order valence-corrected chi connectivity index (χ1v) is 14.7. The monoisotopic (exact) mass is 538 g/mol. The van der Waals surface area contributed by atoms with Gasteiger partial charge >= 0.3 is 0 Å². The molecule has 0 aromatic heterocycles. The average molecular weight is 539 g/mol. The summed E-state index contributed by atoms with van der Waals surface area (Å²) in [5.41, 5.74) is 5.89. The van der Waals surface area contributed by atoms with Crippen molar-refractivity contribution in [2.24, 2.45) is 11.8 Å². The quantitative estimate of drug-likeness (QED) is 0.327. The second-order valence-electron chi connectivity index (χ2n) is 11.1. The predicted molar refractivity (Wildman–Crippen MR) is 167 cm³/mol. The highest BCUT2D eigenvalue weighted by Gasteiger charge is 2.22. The van der Waals surface area contributed by atoms with Gasteiger partial charge in [-0.1, -0.05) is 74.2 Å². The molecule has 1 aliphatic carbocycles. The fourth-order valence-electron chi connectivity index (χ4n) is 5.06. The number of anilines is 1. The van der Waals surface area contributed by atoms with Gasteiger partial charge in [-0.2, -0.15) is 5.26 Å². The van der Waals surface area contributed by atoms with E-state index < -0.39 is 5.92 Å². The minimum absolute atomic E-state index is 0.239. The van der Waals surface area contributed by atoms with Crippen LogP contribution in [0.5, 0.6) is 0 Å². The first kappa shape index (κ1) is 30.9. The minimum atomic E-state index is -0.635. The lowest BCUT2D eigenvalue weighted by atomic mass is 9.88. The molecule has 212 valence electrons. The molecule has 2 unspecified atom stereocenters. The third kappa shape index (κ3) is 10.5. The number of carbonyl (C=O) groups excluding carboxylic acids is 1. The molecule has 0 saturated carbocycles. The van der Waals surface area contributed by atoms with E-state index in [2.05, 4.69) is 71.5 Å². The van der Waals surface area contributed by atoms with Gasteiger partial charge in [0.2, 0.25) is 5.91 Å². The summed E-state index contributed by atoms with van der Waals surface area (Å²) in [6, 6.07) is 20.4. The van der Waals surface area contributed by atoms with E-state index in [0.29, 0.717) is 11.8 Å². The summed E-state index contributed by atoms with van der Waals surface area (Å²) >= 11 is 0. The minimum Gasteiger partial charge on any atom is -0.385 e. The van der Waals surface area contributed by atoms with Crippen LogP contribution >= 0.6 is 0 Å². The molecule has 2 aliphatic rings. The summed E-state index contributed by atoms with van der Waals surface area (Å²) in [4.78, 5) is 14.6. The highest BCUT2D eigenvalue weighted by atomic mass is 16.1. The van der Waals surface area contributed by atoms with E-state index in [4.69, 9.17) is 5.26 Å². The number of nitrogens with one attached hydrogen (secondary N) is 2. The normalized spacial score (nSPS) is 16.9. The fourth-order valence-corrected chi connectivity index (χ4v) is 5.06. The summed E-state index contributed by atoms with van der Waals surface area (Å²) in [5.74, 6) is 0.305. The molecule has 40 heavy (non-hydrogen) atoms. The van der Waals surface area contributed by atoms with Gasteiger partial charge in [0, 0.05) is 17.9 Å². The molecule has 2 aromatic rings. The van der Waals surface area contributed by atoms with E-state index in [1.165, 1.54) is 42.5 Å². The molecule has 1 saturated heterocycles. The van der Waals surface area contributed by atoms with E-state index in [-0.39, 0.29) is 5.91 Å². The number of hydrogen-bond donors (Lipinski definition) is 2. The van der Waals surface area contributed by atoms with Crippen LogP contribution in [0, 0.1) is 23.2 Å². The Morgan fingerprint density at radius 1 is 1.10 bits per heavy atom. The van der Waals surface area contributed by atoms with Gasteiger partial charge in [-0.15, -0.1) is 0 Å². The standard InChI is InChI=1S/C25H33N3O.C10H13N/c1-19(21-7-4-3-5-8-21)11-14-28-15-12-22(13-16-28)23-9-6-10-24(17-23)27-25(29)20(2)18-26;1-9(2)11-8-10-6-4-3-5-7-10/h4,6-10,17,19-20,22H,3,5,11-16H2,1-2H3,(H,27,29);3-7,11H,1,8H2,2H3. The summed E-state index contributed by atoms with van der Waals surface area (Å²) in [7, 11) is 0. The fraction of sp³-hybridized carbons (Fsp3) is 0.429. The van der Waals surface area contributed by atoms with Gasteiger partial charge in [0.05, 0.1) is 6.07 Å². The number of allylic oxidation sites excluding steroid dienone is 5. The summed E-state index contributed by atoms with van der Waals surface area (Å²) in [6.07, 6.45) is 12.9. The van der Waals surface area contributed by atoms with E-state index >= 15 is 0 Å². The van der Waals surface area contributed by atoms with Crippen molar-refractivity contribution in [3.05, 3.63) is 102 Å². The third-order valence-electron chi connectivity index (χ3n) is 7.71. The van der Waals surface area contributed by atoms with Gasteiger partial charge in [-0.25, -0.2) is 0 Å². The zero-order valence-corrected chi connectivity index (χ0v) is 24.5. The first-order chi connectivity index (χ1) is 19.4. The van der Waals surface area contributed by atoms with Crippen LogP contribution in [0.4, 0.5) is 5.69 Å². The highest BCUT2D eigenvalue weighted by molar-refractivity contribution is 5.93. The number of likely N-dealkylation sites (tertiary alicyclic amines) is 1. The number of hydrogen-bond acceptors (Lipinski definition) is 4. The summed E-state index contributed by atoms with van der Waals surface area (Å²) in [5, 5.41) is 14.9. The van der Waals surface area contributed by atoms with Crippen molar-refractivity contribution < 1.29 is 4.79 Å². The zero-order chi connectivity index (χ0) is 28.7. The van der Waals surface area contributed by atoms with E-state index in [1.54, 1.807) is 6.92 Å². The molecular weight excluding hydrogens is 492 g/mol. The number of rotatable bonds is 10. The topological polar surface area (TPSA) is 68.2 Å². The number of amides is 1. The van der Waals surface area contributed by atoms with Gasteiger partial charge in [-0.05, 0) is 106 Å². The van der Waals surface area contributed by atoms with Crippen LogP contribution in [0.15, 0.2) is 90.7 Å². The number of piperidine rings is 1. The van der Waals surface area contributed by atoms with Crippen molar-refractivity contribution in [3.63, 3.8) is 0 Å². The van der Waals surface area contributed by atoms with Crippen molar-refractivity contribution in [1.82, 2.24) is 10.2 Å². The van der Waals surface area contributed by atoms with Crippen LogP contribution in [0.3, 0.4) is 0 Å². The smallest absolute Gasteiger partial charge is 0.241 e. The molecule has 2 N–H and O–H groups in total. The van der Waals surface area contributed by atoms with Gasteiger partial charge in [0.15, 0.2) is 0 Å². The molecule has 1 heterocycles. The molecule has 0 radical (unpaired) electrons. The van der Waals surface area contributed by atoms with Crippen LogP contribution in [-0.4, -0.2) is 30.4 Å². The lowest BCUT2D eigenvalue weighted by Gasteiger charge is -2.33. The van der Waals surface area contributed by atoms with Crippen molar-refractivity contribution in [1.29, 1.82) is 5.26 Å². The van der Waals surface area contributed by atoms with Crippen LogP contribution in [0.2, 0.25) is 0 Å². The average Bonchev–Trinajstić information content (AvgIpc) is 3.00. The Morgan fingerprint density at radius 2 is 1.85 bits per heavy atom. The van der Waals surface area contributed by atoms with E-state index in [9.17, 15) is 4.79 Å². The number of benzene rings is 2. The van der Waals surface area contributed by atoms with E-state index in [1.807, 2.05) is 43.3 Å². The number of carbonyl (C=O) groups is 1. The SMILES string of the molecule is C=C(C)NCc1ccccc1.CC(C#N)C(=O)Nc1cccc(C2CCN(CCC(C)C3=CCCC=C3)CC2)c1. The van der Waals surface area contributed by atoms with Crippen LogP contribution in [0.1, 0.15) is 69.9 Å². The summed E-state index contributed by atoms with van der Waals surface area (Å²) in [6.45, 7) is 14.0. The maximum atomic E-state index is 12.0. The van der Waals surface area contributed by atoms with Gasteiger partial charge < -0.3 is 15.5 Å². The van der Waals surface area contributed by atoms with Gasteiger partial charge in [0.25, 0.3) is 0 Å². The third-order valence-corrected chi connectivity index (χ3v) is 7.71.